The zero-order chi connectivity index (χ0) is 21.9. The molecule has 0 heterocycles. The lowest BCUT2D eigenvalue weighted by atomic mass is 10.1. The Labute approximate surface area is 198 Å². The molecule has 4 nitrogen and oxygen atoms in total. The third-order valence-corrected chi connectivity index (χ3v) is 8.05. The first-order chi connectivity index (χ1) is 13.5. The molecule has 29 heavy (non-hydrogen) atoms. The van der Waals surface area contributed by atoms with E-state index in [-0.39, 0.29) is 53.9 Å². The summed E-state index contributed by atoms with van der Waals surface area (Å²) in [5, 5.41) is 16.2. The largest absolute Gasteiger partial charge is 0.218 e. The Morgan fingerprint density at radius 1 is 0.759 bits per heavy atom. The van der Waals surface area contributed by atoms with Crippen molar-refractivity contribution in [3.8, 4) is 12.1 Å². The summed E-state index contributed by atoms with van der Waals surface area (Å²) < 4.78 is 27.0. The van der Waals surface area contributed by atoms with Crippen molar-refractivity contribution in [3.05, 3.63) is 55.5 Å². The topological polar surface area (TPSA) is 81.7 Å². The van der Waals surface area contributed by atoms with Crippen molar-refractivity contribution in [2.45, 2.75) is 33.4 Å². The molecule has 2 unspecified atom stereocenters. The molecule has 0 aliphatic heterocycles. The van der Waals surface area contributed by atoms with Crippen LogP contribution in [-0.2, 0) is 22.7 Å². The maximum absolute atomic E-state index is 13.5. The second kappa shape index (κ2) is 9.94. The Kier molecular flexibility index (Phi) is 8.36. The normalized spacial score (nSPS) is 13.4. The lowest BCUT2D eigenvalue weighted by Gasteiger charge is -2.17. The number of alkyl halides is 2. The maximum atomic E-state index is 13.5. The van der Waals surface area contributed by atoms with Gasteiger partial charge in [0.05, 0.1) is 42.0 Å². The molecule has 0 amide bonds. The molecule has 11 heteroatoms. The highest BCUT2D eigenvalue weighted by molar-refractivity contribution is 7.91. The van der Waals surface area contributed by atoms with Crippen LogP contribution in [0.15, 0.2) is 34.1 Å². The fourth-order valence-electron chi connectivity index (χ4n) is 2.60. The van der Waals surface area contributed by atoms with E-state index >= 15 is 0 Å². The summed E-state index contributed by atoms with van der Waals surface area (Å²) in [4.78, 5) is -0.369. The molecule has 0 spiro atoms. The number of benzene rings is 2. The molecule has 2 rings (SSSR count). The van der Waals surface area contributed by atoms with Crippen molar-refractivity contribution in [3.63, 3.8) is 0 Å². The number of sulfone groups is 1. The van der Waals surface area contributed by atoms with Gasteiger partial charge in [0.1, 0.15) is 10.8 Å². The zero-order valence-electron chi connectivity index (χ0n) is 14.3. The highest BCUT2D eigenvalue weighted by atomic mass is 35.5. The van der Waals surface area contributed by atoms with Gasteiger partial charge in [0.15, 0.2) is 0 Å². The van der Waals surface area contributed by atoms with E-state index in [0.717, 1.165) is 0 Å². The van der Waals surface area contributed by atoms with Gasteiger partial charge in [0.25, 0.3) is 0 Å². The van der Waals surface area contributed by atoms with Crippen molar-refractivity contribution < 1.29 is 8.42 Å². The van der Waals surface area contributed by atoms with E-state index in [0.29, 0.717) is 0 Å². The SMILES string of the molecule is N#CC(Cl)Cc1c(S(=O)(=O)c2ccc(Cl)c(Cl)c2CC(Cl)C#N)ccc(Cl)c1Cl. The van der Waals surface area contributed by atoms with Crippen molar-refractivity contribution in [2.24, 2.45) is 0 Å². The predicted octanol–water partition coefficient (Wildman–Crippen LogP) is 6.48. The Hall–Kier alpha value is -0.890. The maximum Gasteiger partial charge on any atom is 0.207 e. The minimum absolute atomic E-state index is 0.0255. The summed E-state index contributed by atoms with van der Waals surface area (Å²) in [6, 6.07) is 8.83. The first-order valence-electron chi connectivity index (χ1n) is 7.80. The molecule has 0 bridgehead atoms. The second-order valence-electron chi connectivity index (χ2n) is 5.78. The van der Waals surface area contributed by atoms with Gasteiger partial charge in [-0.05, 0) is 35.4 Å². The quantitative estimate of drug-likeness (QED) is 0.400. The van der Waals surface area contributed by atoms with Crippen LogP contribution in [0.5, 0.6) is 0 Å². The number of nitriles is 2. The van der Waals surface area contributed by atoms with E-state index in [2.05, 4.69) is 0 Å². The molecule has 0 N–H and O–H groups in total. The molecular weight excluding hydrogens is 521 g/mol. The molecule has 0 aliphatic rings. The van der Waals surface area contributed by atoms with Gasteiger partial charge in [-0.2, -0.15) is 10.5 Å². The number of halogens is 6. The monoisotopic (exact) mass is 528 g/mol. The average Bonchev–Trinajstić information content (AvgIpc) is 2.68. The molecule has 0 saturated heterocycles. The molecule has 0 radical (unpaired) electrons. The van der Waals surface area contributed by atoms with Gasteiger partial charge in [0, 0.05) is 12.8 Å². The second-order valence-corrected chi connectivity index (χ2v) is 10.3. The number of hydrogen-bond donors (Lipinski definition) is 0. The van der Waals surface area contributed by atoms with Gasteiger partial charge in [-0.1, -0.05) is 46.4 Å². The lowest BCUT2D eigenvalue weighted by molar-refractivity contribution is 0.593. The predicted molar refractivity (Wildman–Crippen MR) is 116 cm³/mol. The van der Waals surface area contributed by atoms with Crippen LogP contribution >= 0.6 is 69.6 Å². The summed E-state index contributed by atoms with van der Waals surface area (Å²) in [6.07, 6.45) is -0.308. The minimum atomic E-state index is -4.21. The zero-order valence-corrected chi connectivity index (χ0v) is 19.6. The summed E-state index contributed by atoms with van der Waals surface area (Å²) in [7, 11) is -4.21. The number of nitrogens with zero attached hydrogens (tertiary/aromatic N) is 2. The Bertz CT molecular complexity index is 1060. The molecule has 2 atom stereocenters. The Morgan fingerprint density at radius 3 is 1.41 bits per heavy atom. The van der Waals surface area contributed by atoms with Gasteiger partial charge >= 0.3 is 0 Å². The van der Waals surface area contributed by atoms with E-state index in [9.17, 15) is 8.42 Å². The Morgan fingerprint density at radius 2 is 1.10 bits per heavy atom. The molecule has 2 aromatic carbocycles. The average molecular weight is 531 g/mol. The van der Waals surface area contributed by atoms with Crippen molar-refractivity contribution in [1.29, 1.82) is 10.5 Å². The highest BCUT2D eigenvalue weighted by Crippen LogP contribution is 2.39. The van der Waals surface area contributed by atoms with Crippen LogP contribution in [0.2, 0.25) is 20.1 Å². The van der Waals surface area contributed by atoms with Crippen LogP contribution in [0.3, 0.4) is 0 Å². The minimum Gasteiger partial charge on any atom is -0.218 e. The smallest absolute Gasteiger partial charge is 0.207 e. The molecule has 0 aliphatic carbocycles. The molecular formula is C18H10Cl6N2O2S. The van der Waals surface area contributed by atoms with Crippen LogP contribution in [0, 0.1) is 22.7 Å². The number of rotatable bonds is 6. The van der Waals surface area contributed by atoms with Crippen LogP contribution in [0.4, 0.5) is 0 Å². The fourth-order valence-corrected chi connectivity index (χ4v) is 5.61. The lowest BCUT2D eigenvalue weighted by Crippen LogP contribution is -2.13. The van der Waals surface area contributed by atoms with Crippen LogP contribution < -0.4 is 0 Å². The molecule has 0 saturated carbocycles. The third-order valence-electron chi connectivity index (χ3n) is 3.93. The summed E-state index contributed by atoms with van der Waals surface area (Å²) in [6.45, 7) is 0. The molecule has 0 aromatic heterocycles. The van der Waals surface area contributed by atoms with Gasteiger partial charge < -0.3 is 0 Å². The van der Waals surface area contributed by atoms with Crippen LogP contribution in [-0.4, -0.2) is 19.2 Å². The number of hydrogen-bond acceptors (Lipinski definition) is 4. The van der Waals surface area contributed by atoms with Crippen molar-refractivity contribution in [2.75, 3.05) is 0 Å². The van der Waals surface area contributed by atoms with E-state index < -0.39 is 20.6 Å². The molecule has 0 fully saturated rings. The van der Waals surface area contributed by atoms with Gasteiger partial charge in [-0.15, -0.1) is 23.2 Å². The van der Waals surface area contributed by atoms with E-state index in [1.807, 2.05) is 12.1 Å². The van der Waals surface area contributed by atoms with Gasteiger partial charge in [0.2, 0.25) is 9.84 Å². The van der Waals surface area contributed by atoms with Crippen LogP contribution in [0.25, 0.3) is 0 Å². The van der Waals surface area contributed by atoms with E-state index in [1.165, 1.54) is 24.3 Å². The van der Waals surface area contributed by atoms with E-state index in [4.69, 9.17) is 80.1 Å². The van der Waals surface area contributed by atoms with E-state index in [1.54, 1.807) is 0 Å². The van der Waals surface area contributed by atoms with Gasteiger partial charge in [-0.3, -0.25) is 0 Å². The molecule has 2 aromatic rings. The van der Waals surface area contributed by atoms with Crippen LogP contribution in [0.1, 0.15) is 11.1 Å². The summed E-state index contributed by atoms with van der Waals surface area (Å²) >= 11 is 36.3. The first-order valence-corrected chi connectivity index (χ1v) is 11.7. The van der Waals surface area contributed by atoms with Crippen molar-refractivity contribution in [1.82, 2.24) is 0 Å². The van der Waals surface area contributed by atoms with Crippen molar-refractivity contribution >= 4 is 79.4 Å². The molecule has 152 valence electrons. The van der Waals surface area contributed by atoms with Gasteiger partial charge in [-0.25, -0.2) is 8.42 Å². The standard InChI is InChI=1S/C18H10Cl6N2O2S/c19-9(7-25)5-11-15(3-1-13(21)17(11)23)29(27,28)16-4-2-14(22)18(24)12(16)6-10(20)8-26/h1-4,9-10H,5-6H2. The summed E-state index contributed by atoms with van der Waals surface area (Å²) in [5.41, 5.74) is 0.195. The highest BCUT2D eigenvalue weighted by Gasteiger charge is 2.29. The third kappa shape index (κ3) is 5.24. The summed E-state index contributed by atoms with van der Waals surface area (Å²) in [5.74, 6) is 0. The Balaban J connectivity index is 2.78. The fraction of sp³-hybridized carbons (Fsp3) is 0.222. The first kappa shape index (κ1) is 24.4.